The highest BCUT2D eigenvalue weighted by atomic mass is 19.4. The van der Waals surface area contributed by atoms with E-state index in [-0.39, 0.29) is 60.3 Å². The molecule has 6 N–H and O–H groups in total. The van der Waals surface area contributed by atoms with Crippen molar-refractivity contribution in [1.82, 2.24) is 30.4 Å². The average Bonchev–Trinajstić information content (AvgIpc) is 3.90. The van der Waals surface area contributed by atoms with Crippen molar-refractivity contribution >= 4 is 22.1 Å². The number of aromatic amines is 2. The van der Waals surface area contributed by atoms with Crippen LogP contribution in [0, 0.1) is 0 Å². The summed E-state index contributed by atoms with van der Waals surface area (Å²) in [6.07, 6.45) is 0.0642. The molecule has 2 aliphatic carbocycles. The molecule has 2 unspecified atom stereocenters. The summed E-state index contributed by atoms with van der Waals surface area (Å²) >= 11 is 0. The SMILES string of the molecule is NC1CCC[C@@H]1c1cccc(-c2ccnc3n[nH]c(C(F)(F)F)c23)c1.NC1CCC[C@H]1c1cccc(-c2ccnc3n[nH]c(C(F)(F)F)c23)c1.[HH].[HH].[HH].[HH].[HH].[HH].[HH].[HH].[HH].[HH]. The molecule has 2 aliphatic rings. The van der Waals surface area contributed by atoms with Crippen LogP contribution < -0.4 is 11.5 Å². The molecule has 0 spiro atoms. The van der Waals surface area contributed by atoms with E-state index in [2.05, 4.69) is 30.4 Å². The number of rotatable bonds is 4. The maximum absolute atomic E-state index is 13.3. The van der Waals surface area contributed by atoms with Crippen LogP contribution in [-0.2, 0) is 12.4 Å². The number of halogens is 6. The van der Waals surface area contributed by atoms with Crippen molar-refractivity contribution in [3.8, 4) is 22.3 Å². The summed E-state index contributed by atoms with van der Waals surface area (Å²) in [6, 6.07) is 18.6. The van der Waals surface area contributed by atoms with Gasteiger partial charge in [-0.05, 0) is 83.0 Å². The average molecular weight is 713 g/mol. The van der Waals surface area contributed by atoms with E-state index >= 15 is 0 Å². The van der Waals surface area contributed by atoms with E-state index in [4.69, 9.17) is 11.5 Å². The van der Waals surface area contributed by atoms with Gasteiger partial charge < -0.3 is 11.5 Å². The Balaban J connectivity index is -0.000000448. The Hall–Kier alpha value is -4.82. The molecule has 4 heterocycles. The van der Waals surface area contributed by atoms with Crippen LogP contribution in [0.4, 0.5) is 26.3 Å². The highest BCUT2D eigenvalue weighted by Crippen LogP contribution is 2.41. The number of fused-ring (bicyclic) bond motifs is 2. The van der Waals surface area contributed by atoms with Crippen LogP contribution >= 0.6 is 0 Å². The first kappa shape index (κ1) is 33.7. The van der Waals surface area contributed by atoms with Crippen LogP contribution in [0.15, 0.2) is 73.1 Å². The molecule has 2 aromatic carbocycles. The normalized spacial score (nSPS) is 21.1. The molecule has 0 aliphatic heterocycles. The zero-order chi connectivity index (χ0) is 35.2. The Bertz CT molecular complexity index is 2020. The first-order chi connectivity index (χ1) is 23.9. The molecule has 8 rings (SSSR count). The maximum Gasteiger partial charge on any atom is 0.433 e. The van der Waals surface area contributed by atoms with E-state index in [0.717, 1.165) is 60.8 Å². The fourth-order valence-electron chi connectivity index (χ4n) is 7.46. The molecule has 2 saturated carbocycles. The van der Waals surface area contributed by atoms with Crippen LogP contribution in [0.5, 0.6) is 0 Å². The molecule has 0 bridgehead atoms. The lowest BCUT2D eigenvalue weighted by Crippen LogP contribution is -2.22. The standard InChI is InChI=1S/2C18H17F3N4.10H2/c2*19-18(20,21)16-15-13(7-8-23-17(15)25-24-16)11-4-1-3-10(9-11)12-5-2-6-14(12)22;;;;;;;;;;/h2*1,3-4,7-9,12,14H,2,5-6,22H2,(H,23,24,25);10*1H/t2*12-,14?;;;;;;;;;;/m10........../s1. The summed E-state index contributed by atoms with van der Waals surface area (Å²) < 4.78 is 79.8. The zero-order valence-electron chi connectivity index (χ0n) is 26.7. The van der Waals surface area contributed by atoms with Gasteiger partial charge in [-0.3, -0.25) is 10.2 Å². The lowest BCUT2D eigenvalue weighted by molar-refractivity contribution is -0.140. The highest BCUT2D eigenvalue weighted by Gasteiger charge is 2.38. The summed E-state index contributed by atoms with van der Waals surface area (Å²) in [5.74, 6) is 0.507. The second-order valence-corrected chi connectivity index (χ2v) is 13.0. The number of H-pyrrole nitrogens is 2. The van der Waals surface area contributed by atoms with Gasteiger partial charge >= 0.3 is 12.4 Å². The topological polar surface area (TPSA) is 135 Å². The number of benzene rings is 2. The smallest absolute Gasteiger partial charge is 0.327 e. The van der Waals surface area contributed by atoms with Gasteiger partial charge in [0.1, 0.15) is 11.4 Å². The Morgan fingerprint density at radius 1 is 0.600 bits per heavy atom. The summed E-state index contributed by atoms with van der Waals surface area (Å²) in [6.45, 7) is 0. The van der Waals surface area contributed by atoms with Crippen LogP contribution in [0.1, 0.15) is 87.1 Å². The Morgan fingerprint density at radius 2 is 1.02 bits per heavy atom. The second-order valence-electron chi connectivity index (χ2n) is 13.0. The number of nitrogens with one attached hydrogen (secondary N) is 2. The molecular weight excluding hydrogens is 658 g/mol. The first-order valence-electron chi connectivity index (χ1n) is 16.4. The van der Waals surface area contributed by atoms with Gasteiger partial charge in [0.05, 0.1) is 10.8 Å². The molecule has 0 saturated heterocycles. The van der Waals surface area contributed by atoms with Crippen molar-refractivity contribution < 1.29 is 40.6 Å². The van der Waals surface area contributed by atoms with Crippen molar-refractivity contribution in [3.63, 3.8) is 0 Å². The minimum absolute atomic E-state index is 0. The van der Waals surface area contributed by atoms with Gasteiger partial charge in [-0.15, -0.1) is 0 Å². The number of nitrogens with zero attached hydrogens (tertiary/aromatic N) is 4. The van der Waals surface area contributed by atoms with E-state index < -0.39 is 23.7 Å². The Kier molecular flexibility index (Phi) is 8.85. The molecule has 0 radical (unpaired) electrons. The highest BCUT2D eigenvalue weighted by molar-refractivity contribution is 5.95. The summed E-state index contributed by atoms with van der Waals surface area (Å²) in [4.78, 5) is 7.90. The second kappa shape index (κ2) is 13.1. The Labute approximate surface area is 297 Å². The minimum atomic E-state index is -4.52. The minimum Gasteiger partial charge on any atom is -0.327 e. The van der Waals surface area contributed by atoms with Crippen molar-refractivity contribution in [2.24, 2.45) is 11.5 Å². The molecule has 50 heavy (non-hydrogen) atoms. The van der Waals surface area contributed by atoms with Gasteiger partial charge in [0.15, 0.2) is 11.3 Å². The van der Waals surface area contributed by atoms with Gasteiger partial charge in [-0.25, -0.2) is 9.97 Å². The Morgan fingerprint density at radius 3 is 1.38 bits per heavy atom. The van der Waals surface area contributed by atoms with Gasteiger partial charge in [-0.2, -0.15) is 36.5 Å². The molecular formula is C36H54F6N8. The predicted molar refractivity (Wildman–Crippen MR) is 199 cm³/mol. The van der Waals surface area contributed by atoms with E-state index in [1.165, 1.54) is 12.4 Å². The number of pyridine rings is 2. The largest absolute Gasteiger partial charge is 0.433 e. The summed E-state index contributed by atoms with van der Waals surface area (Å²) in [7, 11) is 0. The van der Waals surface area contributed by atoms with E-state index in [1.54, 1.807) is 12.1 Å². The monoisotopic (exact) mass is 712 g/mol. The molecule has 6 aromatic rings. The van der Waals surface area contributed by atoms with Crippen molar-refractivity contribution in [3.05, 3.63) is 95.6 Å². The number of nitrogens with two attached hydrogens (primary N) is 2. The van der Waals surface area contributed by atoms with E-state index in [9.17, 15) is 26.3 Å². The number of aromatic nitrogens is 6. The van der Waals surface area contributed by atoms with Gasteiger partial charge in [0.25, 0.3) is 0 Å². The lowest BCUT2D eigenvalue weighted by atomic mass is 9.91. The van der Waals surface area contributed by atoms with Gasteiger partial charge in [0.2, 0.25) is 0 Å². The van der Waals surface area contributed by atoms with Crippen LogP contribution in [-0.4, -0.2) is 42.4 Å². The van der Waals surface area contributed by atoms with Gasteiger partial charge in [-0.1, -0.05) is 61.4 Å². The number of hydrogen-bond donors (Lipinski definition) is 4. The molecule has 4 atom stereocenters. The summed E-state index contributed by atoms with van der Waals surface area (Å²) in [5.41, 5.74) is 15.3. The van der Waals surface area contributed by atoms with Gasteiger partial charge in [0, 0.05) is 38.7 Å². The third-order valence-corrected chi connectivity index (χ3v) is 9.87. The molecule has 280 valence electrons. The molecule has 2 fully saturated rings. The zero-order valence-corrected chi connectivity index (χ0v) is 26.7. The fraction of sp³-hybridized carbons (Fsp3) is 0.333. The van der Waals surface area contributed by atoms with E-state index in [0.29, 0.717) is 11.1 Å². The molecule has 0 amide bonds. The molecule has 8 nitrogen and oxygen atoms in total. The van der Waals surface area contributed by atoms with Crippen LogP contribution in [0.3, 0.4) is 0 Å². The fourth-order valence-corrected chi connectivity index (χ4v) is 7.46. The van der Waals surface area contributed by atoms with Crippen molar-refractivity contribution in [2.45, 2.75) is 74.8 Å². The van der Waals surface area contributed by atoms with Crippen molar-refractivity contribution in [2.75, 3.05) is 0 Å². The number of alkyl halides is 6. The third-order valence-electron chi connectivity index (χ3n) is 9.87. The number of hydrogen-bond acceptors (Lipinski definition) is 6. The van der Waals surface area contributed by atoms with Crippen molar-refractivity contribution in [1.29, 1.82) is 0 Å². The summed E-state index contributed by atoms with van der Waals surface area (Å²) in [5, 5.41) is 11.6. The van der Waals surface area contributed by atoms with Crippen LogP contribution in [0.2, 0.25) is 0 Å². The first-order valence-corrected chi connectivity index (χ1v) is 16.4. The molecule has 4 aromatic heterocycles. The van der Waals surface area contributed by atoms with E-state index in [1.807, 2.05) is 48.5 Å². The quantitative estimate of drug-likeness (QED) is 0.134. The predicted octanol–water partition coefficient (Wildman–Crippen LogP) is 10.9. The van der Waals surface area contributed by atoms with Crippen LogP contribution in [0.25, 0.3) is 44.3 Å². The molecule has 14 heteroatoms. The maximum atomic E-state index is 13.3. The third kappa shape index (κ3) is 6.44. The lowest BCUT2D eigenvalue weighted by Gasteiger charge is -2.17.